The molecule has 0 aromatic rings. The Kier molecular flexibility index (Phi) is 4.20. The summed E-state index contributed by atoms with van der Waals surface area (Å²) in [6.07, 6.45) is 11.9. The van der Waals surface area contributed by atoms with Crippen LogP contribution in [0.5, 0.6) is 0 Å². The molecule has 1 atom stereocenters. The average molecular weight is 354 g/mol. The van der Waals surface area contributed by atoms with Crippen LogP contribution in [0.4, 0.5) is 0 Å². The molecule has 2 aliphatic rings. The Balaban J connectivity index is 2.43. The summed E-state index contributed by atoms with van der Waals surface area (Å²) in [6.45, 7) is 11.1. The van der Waals surface area contributed by atoms with Crippen molar-refractivity contribution >= 4 is 22.6 Å². The fraction of sp³-hybridized carbons (Fsp3) is 0.529. The summed E-state index contributed by atoms with van der Waals surface area (Å²) in [4.78, 5) is 0. The predicted molar refractivity (Wildman–Crippen MR) is 88.8 cm³/mol. The number of rotatable bonds is 4. The minimum Gasteiger partial charge on any atom is -0.0988 e. The van der Waals surface area contributed by atoms with E-state index < -0.39 is 0 Å². The van der Waals surface area contributed by atoms with Crippen LogP contribution in [-0.2, 0) is 0 Å². The van der Waals surface area contributed by atoms with Gasteiger partial charge in [-0.2, -0.15) is 0 Å². The van der Waals surface area contributed by atoms with E-state index in [-0.39, 0.29) is 5.41 Å². The fourth-order valence-electron chi connectivity index (χ4n) is 3.42. The highest BCUT2D eigenvalue weighted by molar-refractivity contribution is 14.1. The summed E-state index contributed by atoms with van der Waals surface area (Å²) >= 11 is 2.45. The molecule has 2 rings (SSSR count). The fourth-order valence-corrected chi connectivity index (χ4v) is 4.01. The summed E-state index contributed by atoms with van der Waals surface area (Å²) in [5.41, 5.74) is 4.94. The van der Waals surface area contributed by atoms with Gasteiger partial charge in [-0.3, -0.25) is 0 Å². The summed E-state index contributed by atoms with van der Waals surface area (Å²) < 4.78 is 1.40. The van der Waals surface area contributed by atoms with Crippen molar-refractivity contribution in [1.29, 1.82) is 0 Å². The van der Waals surface area contributed by atoms with Gasteiger partial charge in [0.05, 0.1) is 0 Å². The predicted octanol–water partition coefficient (Wildman–Crippen LogP) is 5.96. The van der Waals surface area contributed by atoms with E-state index in [0.29, 0.717) is 5.92 Å². The van der Waals surface area contributed by atoms with E-state index in [4.69, 9.17) is 0 Å². The van der Waals surface area contributed by atoms with Crippen LogP contribution in [0.3, 0.4) is 0 Å². The number of hydrogen-bond acceptors (Lipinski definition) is 0. The molecule has 0 fully saturated rings. The molecular weight excluding hydrogens is 331 g/mol. The number of allylic oxidation sites excluding steroid dienone is 7. The molecule has 0 unspecified atom stereocenters. The molecule has 18 heavy (non-hydrogen) atoms. The standard InChI is InChI=1S/C17H23I/c1-5-7-8-13-14-10-9-12(18)11-16(14)17(3,4)15(13)6-2/h6,9,11,14H,2,5,7-8,10H2,1,3-4H3/t14-/m1/s1. The van der Waals surface area contributed by atoms with Crippen molar-refractivity contribution in [3.63, 3.8) is 0 Å². The first-order valence-corrected chi connectivity index (χ1v) is 8.04. The van der Waals surface area contributed by atoms with Crippen LogP contribution in [0, 0.1) is 11.3 Å². The molecule has 0 heterocycles. The lowest BCUT2D eigenvalue weighted by Gasteiger charge is -2.27. The van der Waals surface area contributed by atoms with Crippen molar-refractivity contribution in [2.24, 2.45) is 11.3 Å². The van der Waals surface area contributed by atoms with Gasteiger partial charge in [0.25, 0.3) is 0 Å². The molecule has 0 saturated carbocycles. The molecule has 0 aliphatic heterocycles. The Morgan fingerprint density at radius 3 is 2.83 bits per heavy atom. The van der Waals surface area contributed by atoms with Crippen molar-refractivity contribution in [3.05, 3.63) is 45.1 Å². The van der Waals surface area contributed by atoms with Gasteiger partial charge in [-0.15, -0.1) is 0 Å². The number of fused-ring (bicyclic) bond motifs is 1. The average Bonchev–Trinajstić information content (AvgIpc) is 2.54. The zero-order chi connectivity index (χ0) is 13.3. The zero-order valence-electron chi connectivity index (χ0n) is 11.7. The number of hydrogen-bond donors (Lipinski definition) is 0. The van der Waals surface area contributed by atoms with Gasteiger partial charge in [-0.05, 0) is 53.5 Å². The van der Waals surface area contributed by atoms with Crippen LogP contribution in [-0.4, -0.2) is 0 Å². The molecule has 0 radical (unpaired) electrons. The molecule has 0 nitrogen and oxygen atoms in total. The second kappa shape index (κ2) is 5.36. The van der Waals surface area contributed by atoms with Crippen molar-refractivity contribution in [2.45, 2.75) is 46.5 Å². The van der Waals surface area contributed by atoms with Crippen LogP contribution >= 0.6 is 22.6 Å². The number of unbranched alkanes of at least 4 members (excludes halogenated alkanes) is 1. The highest BCUT2D eigenvalue weighted by Gasteiger charge is 2.42. The van der Waals surface area contributed by atoms with Crippen LogP contribution in [0.1, 0.15) is 46.5 Å². The molecule has 0 spiro atoms. The van der Waals surface area contributed by atoms with Gasteiger partial charge < -0.3 is 0 Å². The van der Waals surface area contributed by atoms with Gasteiger partial charge in [-0.25, -0.2) is 0 Å². The smallest absolute Gasteiger partial charge is 0.0114 e. The lowest BCUT2D eigenvalue weighted by Crippen LogP contribution is -2.16. The first kappa shape index (κ1) is 14.1. The normalized spacial score (nSPS) is 25.7. The van der Waals surface area contributed by atoms with Gasteiger partial charge in [0, 0.05) is 14.9 Å². The Morgan fingerprint density at radius 2 is 2.22 bits per heavy atom. The lowest BCUT2D eigenvalue weighted by molar-refractivity contribution is 0.526. The third kappa shape index (κ3) is 2.26. The van der Waals surface area contributed by atoms with Crippen LogP contribution in [0.2, 0.25) is 0 Å². The van der Waals surface area contributed by atoms with Gasteiger partial charge in [0.2, 0.25) is 0 Å². The van der Waals surface area contributed by atoms with E-state index in [2.05, 4.69) is 68.2 Å². The van der Waals surface area contributed by atoms with Crippen molar-refractivity contribution in [2.75, 3.05) is 0 Å². The topological polar surface area (TPSA) is 0 Å². The Labute approximate surface area is 125 Å². The van der Waals surface area contributed by atoms with E-state index in [1.807, 2.05) is 0 Å². The van der Waals surface area contributed by atoms with E-state index in [9.17, 15) is 0 Å². The Morgan fingerprint density at radius 1 is 1.50 bits per heavy atom. The van der Waals surface area contributed by atoms with E-state index >= 15 is 0 Å². The molecule has 1 heteroatoms. The summed E-state index contributed by atoms with van der Waals surface area (Å²) in [5.74, 6) is 0.651. The van der Waals surface area contributed by atoms with Gasteiger partial charge >= 0.3 is 0 Å². The molecule has 0 amide bonds. The van der Waals surface area contributed by atoms with Crippen LogP contribution in [0.25, 0.3) is 0 Å². The molecular formula is C17H23I. The minimum atomic E-state index is 0.181. The maximum Gasteiger partial charge on any atom is 0.0114 e. The maximum absolute atomic E-state index is 4.07. The SMILES string of the molecule is C=CC1=C(CCCC)[C@H]2CC=C(I)C=C2C1(C)C. The first-order chi connectivity index (χ1) is 8.52. The second-order valence-corrected chi connectivity index (χ2v) is 7.09. The summed E-state index contributed by atoms with van der Waals surface area (Å²) in [5, 5.41) is 0. The van der Waals surface area contributed by atoms with Crippen molar-refractivity contribution in [1.82, 2.24) is 0 Å². The molecule has 0 aromatic heterocycles. The summed E-state index contributed by atoms with van der Waals surface area (Å²) in [7, 11) is 0. The van der Waals surface area contributed by atoms with Crippen LogP contribution < -0.4 is 0 Å². The molecule has 0 aromatic carbocycles. The van der Waals surface area contributed by atoms with Crippen molar-refractivity contribution < 1.29 is 0 Å². The molecule has 0 N–H and O–H groups in total. The molecule has 0 bridgehead atoms. The minimum absolute atomic E-state index is 0.181. The van der Waals surface area contributed by atoms with E-state index in [1.165, 1.54) is 34.8 Å². The maximum atomic E-state index is 4.07. The Bertz CT molecular complexity index is 446. The quantitative estimate of drug-likeness (QED) is 0.546. The lowest BCUT2D eigenvalue weighted by atomic mass is 9.77. The van der Waals surface area contributed by atoms with Gasteiger partial charge in [-0.1, -0.05) is 57.1 Å². The van der Waals surface area contributed by atoms with Crippen molar-refractivity contribution in [3.8, 4) is 0 Å². The molecule has 0 saturated heterocycles. The molecule has 2 aliphatic carbocycles. The van der Waals surface area contributed by atoms with E-state index in [1.54, 1.807) is 11.1 Å². The third-order valence-corrected chi connectivity index (χ3v) is 5.13. The van der Waals surface area contributed by atoms with E-state index in [0.717, 1.165) is 0 Å². The first-order valence-electron chi connectivity index (χ1n) is 6.96. The second-order valence-electron chi connectivity index (χ2n) is 5.85. The highest BCUT2D eigenvalue weighted by atomic mass is 127. The summed E-state index contributed by atoms with van der Waals surface area (Å²) in [6, 6.07) is 0. The third-order valence-electron chi connectivity index (χ3n) is 4.38. The highest BCUT2D eigenvalue weighted by Crippen LogP contribution is 2.55. The zero-order valence-corrected chi connectivity index (χ0v) is 13.9. The monoisotopic (exact) mass is 354 g/mol. The number of halogens is 1. The Hall–Kier alpha value is -0.310. The van der Waals surface area contributed by atoms with Gasteiger partial charge in [0.15, 0.2) is 0 Å². The largest absolute Gasteiger partial charge is 0.0988 e. The van der Waals surface area contributed by atoms with Crippen LogP contribution in [0.15, 0.2) is 45.1 Å². The van der Waals surface area contributed by atoms with Gasteiger partial charge in [0.1, 0.15) is 0 Å². The molecule has 98 valence electrons.